The first-order chi connectivity index (χ1) is 12.0. The van der Waals surface area contributed by atoms with Gasteiger partial charge in [0, 0.05) is 25.5 Å². The van der Waals surface area contributed by atoms with Crippen molar-refractivity contribution in [1.29, 1.82) is 0 Å². The number of ether oxygens (including phenoxy) is 1. The fourth-order valence-electron chi connectivity index (χ4n) is 3.05. The highest BCUT2D eigenvalue weighted by Gasteiger charge is 2.34. The molecule has 0 saturated carbocycles. The molecule has 0 aromatic carbocycles. The van der Waals surface area contributed by atoms with Crippen LogP contribution in [0.5, 0.6) is 5.88 Å². The van der Waals surface area contributed by atoms with Crippen molar-refractivity contribution in [3.05, 3.63) is 30.0 Å². The van der Waals surface area contributed by atoms with Crippen LogP contribution in [0.2, 0.25) is 0 Å². The standard InChI is InChI=1S/C16H23N5O3S/c1-3-4-14-16(12(2)19-20-14)25(22,23)21-9-5-13(6-10-21)24-15-11-17-7-8-18-15/h7-8,11,13H,3-6,9-10H2,1-2H3,(H,19,20). The Morgan fingerprint density at radius 1 is 1.32 bits per heavy atom. The number of nitrogens with zero attached hydrogens (tertiary/aromatic N) is 4. The van der Waals surface area contributed by atoms with Crippen LogP contribution >= 0.6 is 0 Å². The number of aromatic nitrogens is 4. The molecule has 1 aliphatic rings. The third-order valence-corrected chi connectivity index (χ3v) is 6.38. The van der Waals surface area contributed by atoms with Crippen LogP contribution in [0, 0.1) is 6.92 Å². The maximum Gasteiger partial charge on any atom is 0.246 e. The van der Waals surface area contributed by atoms with E-state index in [1.54, 1.807) is 25.5 Å². The zero-order chi connectivity index (χ0) is 17.9. The number of sulfonamides is 1. The Kier molecular flexibility index (Phi) is 5.33. The lowest BCUT2D eigenvalue weighted by molar-refractivity contribution is 0.129. The Hall–Kier alpha value is -2.00. The molecule has 0 spiro atoms. The Labute approximate surface area is 147 Å². The van der Waals surface area contributed by atoms with Crippen LogP contribution in [-0.4, -0.2) is 52.1 Å². The van der Waals surface area contributed by atoms with Gasteiger partial charge in [-0.3, -0.25) is 10.1 Å². The highest BCUT2D eigenvalue weighted by molar-refractivity contribution is 7.89. The summed E-state index contributed by atoms with van der Waals surface area (Å²) in [5.41, 5.74) is 1.22. The van der Waals surface area contributed by atoms with E-state index in [2.05, 4.69) is 20.2 Å². The minimum absolute atomic E-state index is 0.0521. The first-order valence-electron chi connectivity index (χ1n) is 8.49. The molecule has 0 unspecified atom stereocenters. The minimum atomic E-state index is -3.54. The lowest BCUT2D eigenvalue weighted by Crippen LogP contribution is -2.42. The summed E-state index contributed by atoms with van der Waals surface area (Å²) in [6, 6.07) is 0. The van der Waals surface area contributed by atoms with E-state index in [1.165, 1.54) is 4.31 Å². The molecule has 0 aliphatic carbocycles. The van der Waals surface area contributed by atoms with Crippen molar-refractivity contribution in [2.75, 3.05) is 13.1 Å². The molecule has 1 N–H and O–H groups in total. The van der Waals surface area contributed by atoms with Crippen molar-refractivity contribution in [1.82, 2.24) is 24.5 Å². The van der Waals surface area contributed by atoms with Crippen LogP contribution in [0.15, 0.2) is 23.5 Å². The molecule has 2 aromatic rings. The average Bonchev–Trinajstić information content (AvgIpc) is 2.98. The largest absolute Gasteiger partial charge is 0.473 e. The molecule has 1 aliphatic heterocycles. The van der Waals surface area contributed by atoms with Gasteiger partial charge in [-0.2, -0.15) is 9.40 Å². The topological polar surface area (TPSA) is 101 Å². The van der Waals surface area contributed by atoms with Crippen molar-refractivity contribution in [2.24, 2.45) is 0 Å². The SMILES string of the molecule is CCCc1n[nH]c(C)c1S(=O)(=O)N1CCC(Oc2cnccn2)CC1. The number of hydrogen-bond acceptors (Lipinski definition) is 6. The lowest BCUT2D eigenvalue weighted by Gasteiger charge is -2.31. The molecule has 0 amide bonds. The zero-order valence-electron chi connectivity index (χ0n) is 14.5. The van der Waals surface area contributed by atoms with Crippen molar-refractivity contribution in [2.45, 2.75) is 50.5 Å². The molecule has 2 aromatic heterocycles. The average molecular weight is 365 g/mol. The Morgan fingerprint density at radius 3 is 2.72 bits per heavy atom. The monoisotopic (exact) mass is 365 g/mol. The lowest BCUT2D eigenvalue weighted by atomic mass is 10.1. The van der Waals surface area contributed by atoms with Crippen LogP contribution in [0.25, 0.3) is 0 Å². The van der Waals surface area contributed by atoms with Crippen LogP contribution < -0.4 is 4.74 Å². The molecule has 3 rings (SSSR count). The maximum atomic E-state index is 13.0. The predicted molar refractivity (Wildman–Crippen MR) is 91.8 cm³/mol. The summed E-state index contributed by atoms with van der Waals surface area (Å²) in [5.74, 6) is 0.472. The number of rotatable bonds is 6. The van der Waals surface area contributed by atoms with Crippen molar-refractivity contribution >= 4 is 10.0 Å². The van der Waals surface area contributed by atoms with E-state index in [0.717, 1.165) is 6.42 Å². The number of piperidine rings is 1. The van der Waals surface area contributed by atoms with Gasteiger partial charge in [-0.25, -0.2) is 13.4 Å². The summed E-state index contributed by atoms with van der Waals surface area (Å²) in [5, 5.41) is 6.98. The molecule has 1 saturated heterocycles. The van der Waals surface area contributed by atoms with Crippen LogP contribution in [-0.2, 0) is 16.4 Å². The molecule has 3 heterocycles. The van der Waals surface area contributed by atoms with Crippen molar-refractivity contribution < 1.29 is 13.2 Å². The van der Waals surface area contributed by atoms with Gasteiger partial charge in [-0.15, -0.1) is 0 Å². The minimum Gasteiger partial charge on any atom is -0.473 e. The Morgan fingerprint density at radius 2 is 2.08 bits per heavy atom. The molecule has 136 valence electrons. The Balaban J connectivity index is 1.69. The summed E-state index contributed by atoms with van der Waals surface area (Å²) in [6.07, 6.45) is 7.41. The van der Waals surface area contributed by atoms with E-state index < -0.39 is 10.0 Å². The van der Waals surface area contributed by atoms with Crippen LogP contribution in [0.4, 0.5) is 0 Å². The first kappa shape index (κ1) is 17.8. The van der Waals surface area contributed by atoms with Gasteiger partial charge in [0.2, 0.25) is 15.9 Å². The van der Waals surface area contributed by atoms with Crippen molar-refractivity contribution in [3.63, 3.8) is 0 Å². The fraction of sp³-hybridized carbons (Fsp3) is 0.562. The van der Waals surface area contributed by atoms with E-state index in [-0.39, 0.29) is 6.10 Å². The summed E-state index contributed by atoms with van der Waals surface area (Å²) in [6.45, 7) is 4.60. The molecule has 9 heteroatoms. The first-order valence-corrected chi connectivity index (χ1v) is 9.93. The maximum absolute atomic E-state index is 13.0. The number of hydrogen-bond donors (Lipinski definition) is 1. The smallest absolute Gasteiger partial charge is 0.246 e. The second-order valence-corrected chi connectivity index (χ2v) is 8.01. The van der Waals surface area contributed by atoms with Gasteiger partial charge in [0.05, 0.1) is 17.6 Å². The highest BCUT2D eigenvalue weighted by Crippen LogP contribution is 2.26. The molecule has 0 bridgehead atoms. The van der Waals surface area contributed by atoms with E-state index in [0.29, 0.717) is 54.5 Å². The highest BCUT2D eigenvalue weighted by atomic mass is 32.2. The molecule has 25 heavy (non-hydrogen) atoms. The molecular weight excluding hydrogens is 342 g/mol. The van der Waals surface area contributed by atoms with Crippen LogP contribution in [0.1, 0.15) is 37.6 Å². The molecule has 1 fully saturated rings. The van der Waals surface area contributed by atoms with Gasteiger partial charge in [0.25, 0.3) is 0 Å². The normalized spacial score (nSPS) is 16.9. The third kappa shape index (κ3) is 3.82. The number of aromatic amines is 1. The quantitative estimate of drug-likeness (QED) is 0.836. The van der Waals surface area contributed by atoms with Gasteiger partial charge in [-0.1, -0.05) is 13.3 Å². The van der Waals surface area contributed by atoms with E-state index in [1.807, 2.05) is 6.92 Å². The van der Waals surface area contributed by atoms with E-state index in [4.69, 9.17) is 4.74 Å². The van der Waals surface area contributed by atoms with Crippen LogP contribution in [0.3, 0.4) is 0 Å². The molecule has 0 atom stereocenters. The fourth-order valence-corrected chi connectivity index (χ4v) is 4.88. The summed E-state index contributed by atoms with van der Waals surface area (Å²) in [4.78, 5) is 8.40. The van der Waals surface area contributed by atoms with E-state index in [9.17, 15) is 8.42 Å². The van der Waals surface area contributed by atoms with E-state index >= 15 is 0 Å². The molecule has 0 radical (unpaired) electrons. The third-order valence-electron chi connectivity index (χ3n) is 4.27. The van der Waals surface area contributed by atoms with Gasteiger partial charge >= 0.3 is 0 Å². The van der Waals surface area contributed by atoms with Crippen molar-refractivity contribution in [3.8, 4) is 5.88 Å². The summed E-state index contributed by atoms with van der Waals surface area (Å²) < 4.78 is 33.4. The van der Waals surface area contributed by atoms with Gasteiger partial charge < -0.3 is 4.74 Å². The van der Waals surface area contributed by atoms with Gasteiger partial charge in [0.15, 0.2) is 0 Å². The predicted octanol–water partition coefficient (Wildman–Crippen LogP) is 1.69. The number of H-pyrrole nitrogens is 1. The molecule has 8 nitrogen and oxygen atoms in total. The van der Waals surface area contributed by atoms with Gasteiger partial charge in [-0.05, 0) is 26.2 Å². The number of nitrogens with one attached hydrogen (secondary N) is 1. The Bertz CT molecular complexity index is 798. The number of aryl methyl sites for hydroxylation is 2. The summed E-state index contributed by atoms with van der Waals surface area (Å²) >= 11 is 0. The second-order valence-electron chi connectivity index (χ2n) is 6.14. The molecular formula is C16H23N5O3S. The zero-order valence-corrected chi connectivity index (χ0v) is 15.3. The second kappa shape index (κ2) is 7.49. The summed E-state index contributed by atoms with van der Waals surface area (Å²) in [7, 11) is -3.54. The van der Waals surface area contributed by atoms with Gasteiger partial charge in [0.1, 0.15) is 11.0 Å².